The number of para-hydroxylation sites is 1. The monoisotopic (exact) mass is 298 g/mol. The molecule has 0 spiro atoms. The zero-order valence-electron chi connectivity index (χ0n) is 11.2. The summed E-state index contributed by atoms with van der Waals surface area (Å²) in [6.07, 6.45) is 0. The van der Waals surface area contributed by atoms with Crippen molar-refractivity contribution in [2.75, 3.05) is 7.11 Å². The van der Waals surface area contributed by atoms with Gasteiger partial charge in [0.1, 0.15) is 5.75 Å². The lowest BCUT2D eigenvalue weighted by molar-refractivity contribution is 0.103. The average Bonchev–Trinajstić information content (AvgIpc) is 2.55. The lowest BCUT2D eigenvalue weighted by atomic mass is 10.1. The van der Waals surface area contributed by atoms with E-state index in [0.717, 1.165) is 0 Å². The van der Waals surface area contributed by atoms with E-state index >= 15 is 0 Å². The van der Waals surface area contributed by atoms with Gasteiger partial charge in [-0.1, -0.05) is 41.9 Å². The summed E-state index contributed by atoms with van der Waals surface area (Å²) in [4.78, 5) is 12.6. The highest BCUT2D eigenvalue weighted by atomic mass is 35.5. The Morgan fingerprint density at radius 2 is 1.76 bits per heavy atom. The number of nitrogens with zero attached hydrogens (tertiary/aromatic N) is 2. The highest BCUT2D eigenvalue weighted by Gasteiger charge is 2.20. The minimum absolute atomic E-state index is 0.125. The Morgan fingerprint density at radius 3 is 2.57 bits per heavy atom. The van der Waals surface area contributed by atoms with E-state index in [1.54, 1.807) is 30.3 Å². The molecule has 0 saturated carbocycles. The predicted octanol–water partition coefficient (Wildman–Crippen LogP) is 3.52. The van der Waals surface area contributed by atoms with Gasteiger partial charge in [-0.05, 0) is 18.2 Å². The maximum Gasteiger partial charge on any atom is 0.218 e. The first-order valence-electron chi connectivity index (χ1n) is 6.31. The number of ketones is 1. The van der Waals surface area contributed by atoms with E-state index in [1.807, 2.05) is 18.2 Å². The topological polar surface area (TPSA) is 52.1 Å². The van der Waals surface area contributed by atoms with Gasteiger partial charge in [-0.15, -0.1) is 10.2 Å². The van der Waals surface area contributed by atoms with Crippen LogP contribution in [0, 0.1) is 0 Å². The maximum absolute atomic E-state index is 12.6. The largest absolute Gasteiger partial charge is 0.496 e. The van der Waals surface area contributed by atoms with Crippen molar-refractivity contribution in [1.82, 2.24) is 10.2 Å². The van der Waals surface area contributed by atoms with Crippen molar-refractivity contribution in [3.05, 3.63) is 64.8 Å². The zero-order valence-corrected chi connectivity index (χ0v) is 12.0. The summed E-state index contributed by atoms with van der Waals surface area (Å²) < 4.78 is 5.20. The van der Waals surface area contributed by atoms with Gasteiger partial charge in [0.25, 0.3) is 0 Å². The third-order valence-corrected chi connectivity index (χ3v) is 3.56. The number of rotatable bonds is 3. The molecular weight excluding hydrogens is 288 g/mol. The number of ether oxygens (including phenoxy) is 1. The van der Waals surface area contributed by atoms with Crippen LogP contribution in [-0.4, -0.2) is 23.1 Å². The van der Waals surface area contributed by atoms with Crippen LogP contribution in [0.15, 0.2) is 48.5 Å². The molecule has 3 aromatic rings. The first-order chi connectivity index (χ1) is 10.2. The van der Waals surface area contributed by atoms with Crippen LogP contribution in [0.25, 0.3) is 10.9 Å². The molecule has 5 heteroatoms. The summed E-state index contributed by atoms with van der Waals surface area (Å²) in [7, 11) is 1.51. The highest BCUT2D eigenvalue weighted by molar-refractivity contribution is 6.39. The molecule has 1 aromatic heterocycles. The minimum atomic E-state index is -0.310. The van der Waals surface area contributed by atoms with Gasteiger partial charge in [0.15, 0.2) is 5.69 Å². The maximum atomic E-state index is 12.6. The number of carbonyl (C=O) groups excluding carboxylic acids is 1. The van der Waals surface area contributed by atoms with Crippen LogP contribution in [0.3, 0.4) is 0 Å². The van der Waals surface area contributed by atoms with E-state index in [0.29, 0.717) is 27.2 Å². The Morgan fingerprint density at radius 1 is 1.05 bits per heavy atom. The lowest BCUT2D eigenvalue weighted by Crippen LogP contribution is -2.08. The molecule has 0 bridgehead atoms. The molecular formula is C16H11ClN2O2. The summed E-state index contributed by atoms with van der Waals surface area (Å²) in [5.41, 5.74) is 1.19. The Hall–Kier alpha value is -2.46. The number of benzene rings is 2. The quantitative estimate of drug-likeness (QED) is 0.694. The third kappa shape index (κ3) is 2.34. The summed E-state index contributed by atoms with van der Waals surface area (Å²) in [5, 5.41) is 9.02. The molecule has 1 heterocycles. The fourth-order valence-corrected chi connectivity index (χ4v) is 2.41. The van der Waals surface area contributed by atoms with Crippen LogP contribution in [0.4, 0.5) is 0 Å². The van der Waals surface area contributed by atoms with Crippen molar-refractivity contribution in [2.24, 2.45) is 0 Å². The number of hydrogen-bond donors (Lipinski definition) is 0. The molecule has 2 aromatic carbocycles. The molecule has 0 amide bonds. The van der Waals surface area contributed by atoms with Gasteiger partial charge >= 0.3 is 0 Å². The van der Waals surface area contributed by atoms with Gasteiger partial charge in [-0.25, -0.2) is 0 Å². The van der Waals surface area contributed by atoms with E-state index in [2.05, 4.69) is 10.2 Å². The standard InChI is InChI=1S/C16H11ClN2O2/c1-21-13-9-5-3-7-11(13)16(20)15-14(17)10-6-2-4-8-12(10)18-19-15/h2-9H,1H3. The van der Waals surface area contributed by atoms with Crippen molar-refractivity contribution in [3.8, 4) is 5.75 Å². The molecule has 0 aliphatic heterocycles. The summed E-state index contributed by atoms with van der Waals surface area (Å²) in [6.45, 7) is 0. The fraction of sp³-hybridized carbons (Fsp3) is 0.0625. The molecule has 0 aliphatic carbocycles. The van der Waals surface area contributed by atoms with Gasteiger partial charge in [-0.3, -0.25) is 4.79 Å². The highest BCUT2D eigenvalue weighted by Crippen LogP contribution is 2.28. The van der Waals surface area contributed by atoms with Crippen molar-refractivity contribution in [3.63, 3.8) is 0 Å². The Kier molecular flexibility index (Phi) is 3.54. The first kappa shape index (κ1) is 13.5. The van der Waals surface area contributed by atoms with Gasteiger partial charge in [0.05, 0.1) is 23.2 Å². The molecule has 0 fully saturated rings. The second-order valence-corrected chi connectivity index (χ2v) is 4.79. The third-order valence-electron chi connectivity index (χ3n) is 3.17. The second kappa shape index (κ2) is 5.50. The van der Waals surface area contributed by atoms with E-state index in [4.69, 9.17) is 16.3 Å². The smallest absolute Gasteiger partial charge is 0.218 e. The van der Waals surface area contributed by atoms with Crippen LogP contribution in [0.5, 0.6) is 5.75 Å². The molecule has 0 saturated heterocycles. The number of carbonyl (C=O) groups is 1. The van der Waals surface area contributed by atoms with E-state index in [1.165, 1.54) is 7.11 Å². The minimum Gasteiger partial charge on any atom is -0.496 e. The second-order valence-electron chi connectivity index (χ2n) is 4.41. The van der Waals surface area contributed by atoms with Gasteiger partial charge in [-0.2, -0.15) is 0 Å². The fourth-order valence-electron chi connectivity index (χ4n) is 2.13. The SMILES string of the molecule is COc1ccccc1C(=O)c1nnc2ccccc2c1Cl. The number of aromatic nitrogens is 2. The molecule has 21 heavy (non-hydrogen) atoms. The number of fused-ring (bicyclic) bond motifs is 1. The van der Waals surface area contributed by atoms with Crippen LogP contribution in [-0.2, 0) is 0 Å². The van der Waals surface area contributed by atoms with E-state index < -0.39 is 0 Å². The molecule has 4 nitrogen and oxygen atoms in total. The van der Waals surface area contributed by atoms with E-state index in [9.17, 15) is 4.79 Å². The van der Waals surface area contributed by atoms with Crippen molar-refractivity contribution in [1.29, 1.82) is 0 Å². The van der Waals surface area contributed by atoms with Crippen LogP contribution in [0.1, 0.15) is 16.1 Å². The van der Waals surface area contributed by atoms with Crippen LogP contribution in [0.2, 0.25) is 5.02 Å². The Bertz CT molecular complexity index is 833. The van der Waals surface area contributed by atoms with Gasteiger partial charge in [0, 0.05) is 5.39 Å². The predicted molar refractivity (Wildman–Crippen MR) is 81.0 cm³/mol. The van der Waals surface area contributed by atoms with Crippen molar-refractivity contribution < 1.29 is 9.53 Å². The summed E-state index contributed by atoms with van der Waals surface area (Å²) >= 11 is 6.32. The molecule has 3 rings (SSSR count). The molecule has 0 unspecified atom stereocenters. The summed E-state index contributed by atoms with van der Waals surface area (Å²) in [6, 6.07) is 14.2. The summed E-state index contributed by atoms with van der Waals surface area (Å²) in [5.74, 6) is 0.171. The molecule has 0 atom stereocenters. The molecule has 104 valence electrons. The van der Waals surface area contributed by atoms with E-state index in [-0.39, 0.29) is 11.5 Å². The molecule has 0 radical (unpaired) electrons. The van der Waals surface area contributed by atoms with Crippen LogP contribution >= 0.6 is 11.6 Å². The normalized spacial score (nSPS) is 10.6. The zero-order chi connectivity index (χ0) is 14.8. The average molecular weight is 299 g/mol. The number of hydrogen-bond acceptors (Lipinski definition) is 4. The number of methoxy groups -OCH3 is 1. The van der Waals surface area contributed by atoms with Crippen molar-refractivity contribution >= 4 is 28.3 Å². The molecule has 0 aliphatic rings. The lowest BCUT2D eigenvalue weighted by Gasteiger charge is -2.08. The Balaban J connectivity index is 2.16. The Labute approximate surface area is 126 Å². The molecule has 0 N–H and O–H groups in total. The number of halogens is 1. The van der Waals surface area contributed by atoms with Gasteiger partial charge < -0.3 is 4.74 Å². The van der Waals surface area contributed by atoms with Gasteiger partial charge in [0.2, 0.25) is 5.78 Å². The van der Waals surface area contributed by atoms with Crippen LogP contribution < -0.4 is 4.74 Å². The van der Waals surface area contributed by atoms with Crippen molar-refractivity contribution in [2.45, 2.75) is 0 Å². The first-order valence-corrected chi connectivity index (χ1v) is 6.69.